The smallest absolute Gasteiger partial charge is 0.0219 e. The van der Waals surface area contributed by atoms with Crippen LogP contribution in [0.15, 0.2) is 22.8 Å². The van der Waals surface area contributed by atoms with Crippen LogP contribution in [-0.4, -0.2) is 0 Å². The first-order chi connectivity index (χ1) is 5.11. The van der Waals surface area contributed by atoms with E-state index in [1.165, 1.54) is 12.8 Å². The first kappa shape index (κ1) is 8.58. The molecule has 0 atom stereocenters. The number of allylic oxidation sites excluding steroid dienone is 4. The van der Waals surface area contributed by atoms with E-state index in [4.69, 9.17) is 0 Å². The van der Waals surface area contributed by atoms with Gasteiger partial charge in [0.25, 0.3) is 0 Å². The summed E-state index contributed by atoms with van der Waals surface area (Å²) in [5, 5.41) is 0. The molecule has 1 aliphatic carbocycles. The summed E-state index contributed by atoms with van der Waals surface area (Å²) in [5.74, 6) is 0.699. The number of hydrogen-bond acceptors (Lipinski definition) is 0. The van der Waals surface area contributed by atoms with Crippen LogP contribution < -0.4 is 0 Å². The van der Waals surface area contributed by atoms with Crippen LogP contribution >= 0.6 is 0 Å². The van der Waals surface area contributed by atoms with Crippen molar-refractivity contribution in [1.82, 2.24) is 0 Å². The van der Waals surface area contributed by atoms with Crippen molar-refractivity contribution in [2.45, 2.75) is 40.5 Å². The highest BCUT2D eigenvalue weighted by Gasteiger charge is 2.09. The molecular weight excluding hydrogens is 132 g/mol. The van der Waals surface area contributed by atoms with Crippen LogP contribution in [-0.2, 0) is 0 Å². The van der Waals surface area contributed by atoms with E-state index in [-0.39, 0.29) is 0 Å². The molecule has 0 saturated heterocycles. The maximum atomic E-state index is 2.36. The fourth-order valence-corrected chi connectivity index (χ4v) is 1.65. The highest BCUT2D eigenvalue weighted by Crippen LogP contribution is 2.27. The Morgan fingerprint density at radius 2 is 1.82 bits per heavy atom. The first-order valence-corrected chi connectivity index (χ1v) is 4.48. The maximum absolute atomic E-state index is 2.36. The van der Waals surface area contributed by atoms with Gasteiger partial charge in [-0.05, 0) is 38.2 Å². The van der Waals surface area contributed by atoms with Gasteiger partial charge in [-0.1, -0.05) is 31.1 Å². The zero-order chi connectivity index (χ0) is 8.43. The van der Waals surface area contributed by atoms with Gasteiger partial charge in [0, 0.05) is 0 Å². The van der Waals surface area contributed by atoms with Gasteiger partial charge < -0.3 is 0 Å². The molecule has 0 unspecified atom stereocenters. The molecule has 0 spiro atoms. The summed E-state index contributed by atoms with van der Waals surface area (Å²) < 4.78 is 0. The van der Waals surface area contributed by atoms with Gasteiger partial charge in [-0.3, -0.25) is 0 Å². The molecule has 0 N–H and O–H groups in total. The largest absolute Gasteiger partial charge is 0.0727 e. The van der Waals surface area contributed by atoms with Gasteiger partial charge >= 0.3 is 0 Å². The van der Waals surface area contributed by atoms with E-state index >= 15 is 0 Å². The van der Waals surface area contributed by atoms with E-state index in [1.54, 1.807) is 16.7 Å². The Morgan fingerprint density at radius 3 is 2.27 bits per heavy atom. The summed E-state index contributed by atoms with van der Waals surface area (Å²) in [7, 11) is 0. The average Bonchev–Trinajstić information content (AvgIpc) is 1.94. The Bertz CT molecular complexity index is 204. The standard InChI is InChI=1S/C11H18/c1-8(2)11-7-9(3)5-6-10(11)4/h7-8H,5-6H2,1-4H3. The summed E-state index contributed by atoms with van der Waals surface area (Å²) in [6.45, 7) is 9.04. The summed E-state index contributed by atoms with van der Waals surface area (Å²) in [6.07, 6.45) is 4.90. The van der Waals surface area contributed by atoms with Crippen LogP contribution in [0.25, 0.3) is 0 Å². The van der Waals surface area contributed by atoms with Crippen LogP contribution in [0.2, 0.25) is 0 Å². The SMILES string of the molecule is CC1=CC(C(C)C)=C(C)CC1. The van der Waals surface area contributed by atoms with Crippen molar-refractivity contribution in [1.29, 1.82) is 0 Å². The number of rotatable bonds is 1. The third-order valence-electron chi connectivity index (χ3n) is 2.41. The van der Waals surface area contributed by atoms with E-state index in [9.17, 15) is 0 Å². The molecule has 1 aliphatic rings. The van der Waals surface area contributed by atoms with Crippen molar-refractivity contribution < 1.29 is 0 Å². The molecule has 0 bridgehead atoms. The lowest BCUT2D eigenvalue weighted by molar-refractivity contribution is 0.743. The Balaban J connectivity index is 2.89. The third-order valence-corrected chi connectivity index (χ3v) is 2.41. The van der Waals surface area contributed by atoms with Gasteiger partial charge in [0.05, 0.1) is 0 Å². The van der Waals surface area contributed by atoms with E-state index in [1.807, 2.05) is 0 Å². The molecular formula is C11H18. The van der Waals surface area contributed by atoms with Gasteiger partial charge in [-0.2, -0.15) is 0 Å². The quantitative estimate of drug-likeness (QED) is 0.534. The molecule has 11 heavy (non-hydrogen) atoms. The van der Waals surface area contributed by atoms with Gasteiger partial charge in [-0.25, -0.2) is 0 Å². The monoisotopic (exact) mass is 150 g/mol. The lowest BCUT2D eigenvalue weighted by Gasteiger charge is -2.18. The second-order valence-corrected chi connectivity index (χ2v) is 3.88. The summed E-state index contributed by atoms with van der Waals surface area (Å²) in [6, 6.07) is 0. The highest BCUT2D eigenvalue weighted by molar-refractivity contribution is 5.33. The Kier molecular flexibility index (Phi) is 2.53. The molecule has 1 rings (SSSR count). The van der Waals surface area contributed by atoms with Crippen LogP contribution in [0, 0.1) is 5.92 Å². The van der Waals surface area contributed by atoms with Crippen LogP contribution in [0.3, 0.4) is 0 Å². The minimum Gasteiger partial charge on any atom is -0.0727 e. The molecule has 0 fully saturated rings. The van der Waals surface area contributed by atoms with Gasteiger partial charge in [0.2, 0.25) is 0 Å². The Morgan fingerprint density at radius 1 is 1.18 bits per heavy atom. The molecule has 62 valence electrons. The van der Waals surface area contributed by atoms with Gasteiger partial charge in [0.15, 0.2) is 0 Å². The van der Waals surface area contributed by atoms with E-state index in [2.05, 4.69) is 33.8 Å². The molecule has 0 aliphatic heterocycles. The molecule has 0 aromatic heterocycles. The van der Waals surface area contributed by atoms with Gasteiger partial charge in [-0.15, -0.1) is 0 Å². The second kappa shape index (κ2) is 3.25. The molecule has 0 saturated carbocycles. The van der Waals surface area contributed by atoms with Gasteiger partial charge in [0.1, 0.15) is 0 Å². The van der Waals surface area contributed by atoms with Crippen molar-refractivity contribution in [3.05, 3.63) is 22.8 Å². The predicted molar refractivity (Wildman–Crippen MR) is 50.5 cm³/mol. The fourth-order valence-electron chi connectivity index (χ4n) is 1.65. The van der Waals surface area contributed by atoms with Crippen molar-refractivity contribution in [3.8, 4) is 0 Å². The molecule has 0 amide bonds. The van der Waals surface area contributed by atoms with Crippen molar-refractivity contribution in [3.63, 3.8) is 0 Å². The topological polar surface area (TPSA) is 0 Å². The Labute approximate surface area is 70.0 Å². The minimum atomic E-state index is 0.699. The van der Waals surface area contributed by atoms with Crippen molar-refractivity contribution in [2.24, 2.45) is 5.92 Å². The van der Waals surface area contributed by atoms with Crippen LogP contribution in [0.4, 0.5) is 0 Å². The maximum Gasteiger partial charge on any atom is -0.0219 e. The van der Waals surface area contributed by atoms with Crippen molar-refractivity contribution >= 4 is 0 Å². The van der Waals surface area contributed by atoms with E-state index in [0.717, 1.165) is 0 Å². The zero-order valence-electron chi connectivity index (χ0n) is 8.07. The third kappa shape index (κ3) is 1.95. The summed E-state index contributed by atoms with van der Waals surface area (Å²) >= 11 is 0. The summed E-state index contributed by atoms with van der Waals surface area (Å²) in [4.78, 5) is 0. The number of hydrogen-bond donors (Lipinski definition) is 0. The first-order valence-electron chi connectivity index (χ1n) is 4.48. The molecule has 0 heterocycles. The molecule has 0 heteroatoms. The lowest BCUT2D eigenvalue weighted by atomic mass is 9.88. The molecule has 0 radical (unpaired) electrons. The summed E-state index contributed by atoms with van der Waals surface area (Å²) in [5.41, 5.74) is 4.69. The van der Waals surface area contributed by atoms with E-state index in [0.29, 0.717) is 5.92 Å². The molecule has 0 aromatic carbocycles. The highest BCUT2D eigenvalue weighted by atomic mass is 14.2. The second-order valence-electron chi connectivity index (χ2n) is 3.88. The lowest BCUT2D eigenvalue weighted by Crippen LogP contribution is -2.01. The fraction of sp³-hybridized carbons (Fsp3) is 0.636. The average molecular weight is 150 g/mol. The molecule has 0 nitrogen and oxygen atoms in total. The Hall–Kier alpha value is -0.520. The predicted octanol–water partition coefficient (Wildman–Crippen LogP) is 3.70. The normalized spacial score (nSPS) is 19.2. The van der Waals surface area contributed by atoms with E-state index < -0.39 is 0 Å². The van der Waals surface area contributed by atoms with Crippen LogP contribution in [0.1, 0.15) is 40.5 Å². The minimum absolute atomic E-state index is 0.699. The van der Waals surface area contributed by atoms with Crippen LogP contribution in [0.5, 0.6) is 0 Å². The van der Waals surface area contributed by atoms with Crippen molar-refractivity contribution in [2.75, 3.05) is 0 Å². The zero-order valence-corrected chi connectivity index (χ0v) is 8.07. The molecule has 0 aromatic rings.